The number of fused-ring (bicyclic) bond motifs is 2. The lowest BCUT2D eigenvalue weighted by Gasteiger charge is -2.15. The van der Waals surface area contributed by atoms with Gasteiger partial charge < -0.3 is 5.11 Å². The van der Waals surface area contributed by atoms with E-state index < -0.39 is 0 Å². The SMILES string of the molecule is O=C1C=CC=C2CC=c3cccc(O)c3=C12. The molecule has 0 unspecified atom stereocenters. The number of aromatic hydroxyl groups is 1. The van der Waals surface area contributed by atoms with Gasteiger partial charge in [-0.15, -0.1) is 0 Å². The number of carbonyl (C=O) groups is 1. The topological polar surface area (TPSA) is 37.3 Å². The molecule has 0 heterocycles. The van der Waals surface area contributed by atoms with Gasteiger partial charge in [-0.1, -0.05) is 30.4 Å². The van der Waals surface area contributed by atoms with Crippen molar-refractivity contribution in [1.29, 1.82) is 0 Å². The van der Waals surface area contributed by atoms with Crippen molar-refractivity contribution in [2.75, 3.05) is 0 Å². The smallest absolute Gasteiger partial charge is 0.186 e. The first kappa shape index (κ1) is 9.16. The van der Waals surface area contributed by atoms with Crippen LogP contribution in [0.25, 0.3) is 11.6 Å². The standard InChI is InChI=1S/C14H10O2/c15-11-5-1-3-9-7-8-10-4-2-6-12(16)14(10)13(9)11/h1-7,15H,8H2. The number of phenolic OH excluding ortho intramolecular Hbond substituents is 1. The Morgan fingerprint density at radius 1 is 1.25 bits per heavy atom. The molecule has 0 saturated heterocycles. The van der Waals surface area contributed by atoms with Crippen molar-refractivity contribution in [2.24, 2.45) is 0 Å². The lowest BCUT2D eigenvalue weighted by molar-refractivity contribution is -0.109. The van der Waals surface area contributed by atoms with Crippen molar-refractivity contribution >= 4 is 17.4 Å². The summed E-state index contributed by atoms with van der Waals surface area (Å²) in [5, 5.41) is 11.5. The Hall–Kier alpha value is -2.09. The number of ketones is 1. The van der Waals surface area contributed by atoms with Gasteiger partial charge in [-0.3, -0.25) is 4.79 Å². The third-order valence-corrected chi connectivity index (χ3v) is 2.98. The first-order valence-corrected chi connectivity index (χ1v) is 5.22. The van der Waals surface area contributed by atoms with Crippen LogP contribution in [0.3, 0.4) is 0 Å². The summed E-state index contributed by atoms with van der Waals surface area (Å²) < 4.78 is 0. The van der Waals surface area contributed by atoms with E-state index in [4.69, 9.17) is 0 Å². The summed E-state index contributed by atoms with van der Waals surface area (Å²) in [7, 11) is 0. The molecule has 1 N–H and O–H groups in total. The lowest BCUT2D eigenvalue weighted by Crippen LogP contribution is -2.33. The van der Waals surface area contributed by atoms with Gasteiger partial charge in [0.05, 0.1) is 0 Å². The molecule has 0 aromatic heterocycles. The normalized spacial score (nSPS) is 17.4. The third-order valence-electron chi connectivity index (χ3n) is 2.98. The van der Waals surface area contributed by atoms with E-state index in [9.17, 15) is 9.90 Å². The molecule has 2 heteroatoms. The Labute approximate surface area is 92.5 Å². The number of hydrogen-bond acceptors (Lipinski definition) is 2. The summed E-state index contributed by atoms with van der Waals surface area (Å²) in [6.07, 6.45) is 8.03. The van der Waals surface area contributed by atoms with Crippen molar-refractivity contribution in [2.45, 2.75) is 6.42 Å². The molecule has 0 aliphatic heterocycles. The second kappa shape index (κ2) is 3.20. The van der Waals surface area contributed by atoms with E-state index in [1.165, 1.54) is 0 Å². The van der Waals surface area contributed by atoms with Crippen molar-refractivity contribution in [3.05, 3.63) is 52.4 Å². The van der Waals surface area contributed by atoms with Gasteiger partial charge in [0.25, 0.3) is 0 Å². The Morgan fingerprint density at radius 3 is 3.00 bits per heavy atom. The Kier molecular flexibility index (Phi) is 1.83. The van der Waals surface area contributed by atoms with Gasteiger partial charge >= 0.3 is 0 Å². The van der Waals surface area contributed by atoms with Crippen molar-refractivity contribution in [3.8, 4) is 5.75 Å². The average Bonchev–Trinajstić information content (AvgIpc) is 2.29. The number of benzene rings is 1. The number of allylic oxidation sites excluding steroid dienone is 4. The monoisotopic (exact) mass is 210 g/mol. The molecular weight excluding hydrogens is 200 g/mol. The van der Waals surface area contributed by atoms with Crippen LogP contribution in [0.5, 0.6) is 5.75 Å². The predicted octanol–water partition coefficient (Wildman–Crippen LogP) is 0.792. The summed E-state index contributed by atoms with van der Waals surface area (Å²) in [4.78, 5) is 11.9. The van der Waals surface area contributed by atoms with Crippen LogP contribution in [0, 0.1) is 0 Å². The number of phenols is 1. The highest BCUT2D eigenvalue weighted by atomic mass is 16.3. The molecule has 2 nitrogen and oxygen atoms in total. The molecule has 16 heavy (non-hydrogen) atoms. The van der Waals surface area contributed by atoms with Crippen LogP contribution >= 0.6 is 0 Å². The summed E-state index contributed by atoms with van der Waals surface area (Å²) in [5.74, 6) is 0.159. The molecule has 2 aliphatic carbocycles. The molecule has 0 amide bonds. The van der Waals surface area contributed by atoms with E-state index in [2.05, 4.69) is 0 Å². The van der Waals surface area contributed by atoms with E-state index in [0.717, 1.165) is 17.2 Å². The molecular formula is C14H10O2. The number of hydrogen-bond donors (Lipinski definition) is 1. The fraction of sp³-hybridized carbons (Fsp3) is 0.0714. The van der Waals surface area contributed by atoms with Gasteiger partial charge in [-0.05, 0) is 29.4 Å². The molecule has 0 bridgehead atoms. The molecule has 78 valence electrons. The van der Waals surface area contributed by atoms with Crippen LogP contribution < -0.4 is 10.4 Å². The van der Waals surface area contributed by atoms with Crippen LogP contribution in [0.15, 0.2) is 42.0 Å². The lowest BCUT2D eigenvalue weighted by atomic mass is 9.88. The molecule has 0 spiro atoms. The molecule has 2 aliphatic rings. The molecule has 0 fully saturated rings. The van der Waals surface area contributed by atoms with Crippen LogP contribution in [-0.2, 0) is 4.79 Å². The number of carbonyl (C=O) groups excluding carboxylic acids is 1. The summed E-state index contributed by atoms with van der Waals surface area (Å²) in [5.41, 5.74) is 1.64. The predicted molar refractivity (Wildman–Crippen MR) is 62.1 cm³/mol. The minimum Gasteiger partial charge on any atom is -0.507 e. The van der Waals surface area contributed by atoms with Crippen LogP contribution in [0.4, 0.5) is 0 Å². The van der Waals surface area contributed by atoms with Crippen molar-refractivity contribution < 1.29 is 9.90 Å². The van der Waals surface area contributed by atoms with E-state index in [1.54, 1.807) is 24.3 Å². The number of rotatable bonds is 0. The quantitative estimate of drug-likeness (QED) is 0.687. The summed E-state index contributed by atoms with van der Waals surface area (Å²) in [6, 6.07) is 5.34. The molecule has 0 atom stereocenters. The average molecular weight is 210 g/mol. The van der Waals surface area contributed by atoms with E-state index in [1.807, 2.05) is 18.2 Å². The highest BCUT2D eigenvalue weighted by Crippen LogP contribution is 2.23. The fourth-order valence-corrected chi connectivity index (χ4v) is 2.25. The van der Waals surface area contributed by atoms with Gasteiger partial charge in [-0.2, -0.15) is 0 Å². The van der Waals surface area contributed by atoms with Crippen LogP contribution in [0.2, 0.25) is 0 Å². The van der Waals surface area contributed by atoms with Crippen molar-refractivity contribution in [3.63, 3.8) is 0 Å². The maximum Gasteiger partial charge on any atom is 0.186 e. The van der Waals surface area contributed by atoms with E-state index >= 15 is 0 Å². The molecule has 1 aromatic carbocycles. The Morgan fingerprint density at radius 2 is 2.12 bits per heavy atom. The first-order valence-electron chi connectivity index (χ1n) is 5.22. The Balaban J connectivity index is 2.53. The zero-order chi connectivity index (χ0) is 11.1. The Bertz CT molecular complexity index is 660. The minimum atomic E-state index is -0.0200. The zero-order valence-electron chi connectivity index (χ0n) is 8.60. The molecule has 0 saturated carbocycles. The van der Waals surface area contributed by atoms with Gasteiger partial charge in [0.15, 0.2) is 5.78 Å². The highest BCUT2D eigenvalue weighted by molar-refractivity contribution is 6.27. The highest BCUT2D eigenvalue weighted by Gasteiger charge is 2.19. The molecule has 0 radical (unpaired) electrons. The van der Waals surface area contributed by atoms with Gasteiger partial charge in [0.1, 0.15) is 5.75 Å². The maximum atomic E-state index is 11.9. The van der Waals surface area contributed by atoms with E-state index in [0.29, 0.717) is 10.8 Å². The van der Waals surface area contributed by atoms with Gasteiger partial charge in [-0.25, -0.2) is 0 Å². The summed E-state index contributed by atoms with van der Waals surface area (Å²) >= 11 is 0. The third kappa shape index (κ3) is 1.16. The van der Waals surface area contributed by atoms with Crippen LogP contribution in [-0.4, -0.2) is 10.9 Å². The van der Waals surface area contributed by atoms with Crippen LogP contribution in [0.1, 0.15) is 6.42 Å². The van der Waals surface area contributed by atoms with Crippen molar-refractivity contribution in [1.82, 2.24) is 0 Å². The van der Waals surface area contributed by atoms with Gasteiger partial charge in [0, 0.05) is 10.8 Å². The second-order valence-corrected chi connectivity index (χ2v) is 3.94. The summed E-state index contributed by atoms with van der Waals surface area (Å²) in [6.45, 7) is 0. The molecule has 1 aromatic rings. The molecule has 3 rings (SSSR count). The van der Waals surface area contributed by atoms with E-state index in [-0.39, 0.29) is 11.5 Å². The zero-order valence-corrected chi connectivity index (χ0v) is 8.60. The first-order chi connectivity index (χ1) is 7.77. The largest absolute Gasteiger partial charge is 0.507 e. The van der Waals surface area contributed by atoms with Gasteiger partial charge in [0.2, 0.25) is 0 Å². The maximum absolute atomic E-state index is 11.9. The second-order valence-electron chi connectivity index (χ2n) is 3.94. The fourth-order valence-electron chi connectivity index (χ4n) is 2.25. The minimum absolute atomic E-state index is 0.0200.